The van der Waals surface area contributed by atoms with E-state index in [-0.39, 0.29) is 16.2 Å². The molecule has 4 N–H and O–H groups in total. The van der Waals surface area contributed by atoms with Crippen LogP contribution in [0.1, 0.15) is 36.0 Å². The van der Waals surface area contributed by atoms with E-state index in [1.165, 1.54) is 51.0 Å². The number of primary sulfonamides is 1. The third-order valence-corrected chi connectivity index (χ3v) is 5.87. The van der Waals surface area contributed by atoms with Crippen molar-refractivity contribution < 1.29 is 17.9 Å². The van der Waals surface area contributed by atoms with Gasteiger partial charge in [0.2, 0.25) is 10.0 Å². The number of carbonyl (C=O) groups is 1. The molecule has 1 fully saturated rings. The van der Waals surface area contributed by atoms with Crippen molar-refractivity contribution in [3.63, 3.8) is 0 Å². The van der Waals surface area contributed by atoms with Crippen LogP contribution in [0.25, 0.3) is 0 Å². The number of ether oxygens (including phenoxy) is 1. The Labute approximate surface area is 165 Å². The van der Waals surface area contributed by atoms with Gasteiger partial charge in [0.05, 0.1) is 17.6 Å². The highest BCUT2D eigenvalue weighted by Crippen LogP contribution is 2.26. The number of rotatable bonds is 7. The molecule has 0 unspecified atom stereocenters. The number of methoxy groups -OCH3 is 1. The molecule has 1 amide bonds. The Morgan fingerprint density at radius 2 is 1.75 bits per heavy atom. The molecule has 1 aliphatic rings. The largest absolute Gasteiger partial charge is 0.496 e. The molecule has 28 heavy (non-hydrogen) atoms. The Balaban J connectivity index is 1.68. The fourth-order valence-corrected chi connectivity index (χ4v) is 3.93. The molecule has 0 bridgehead atoms. The molecule has 0 atom stereocenters. The number of nitrogens with one attached hydrogen (secondary N) is 2. The zero-order chi connectivity index (χ0) is 20.1. The van der Waals surface area contributed by atoms with Crippen LogP contribution in [0.5, 0.6) is 5.75 Å². The number of hydrogen-bond acceptors (Lipinski definition) is 5. The van der Waals surface area contributed by atoms with Gasteiger partial charge < -0.3 is 15.4 Å². The number of sulfonamides is 1. The van der Waals surface area contributed by atoms with Crippen LogP contribution >= 0.6 is 0 Å². The van der Waals surface area contributed by atoms with E-state index in [0.29, 0.717) is 5.69 Å². The highest BCUT2D eigenvalue weighted by atomic mass is 32.2. The van der Waals surface area contributed by atoms with Gasteiger partial charge in [-0.2, -0.15) is 0 Å². The topological polar surface area (TPSA) is 111 Å². The average Bonchev–Trinajstić information content (AvgIpc) is 3.20. The molecule has 1 saturated carbocycles. The number of amides is 1. The van der Waals surface area contributed by atoms with Crippen molar-refractivity contribution in [3.05, 3.63) is 48.0 Å². The second-order valence-electron chi connectivity index (χ2n) is 6.97. The maximum absolute atomic E-state index is 12.6. The zero-order valence-electron chi connectivity index (χ0n) is 15.8. The number of carbonyl (C=O) groups excluding carboxylic acids is 1. The highest BCUT2D eigenvalue weighted by Gasteiger charge is 2.18. The summed E-state index contributed by atoms with van der Waals surface area (Å²) < 4.78 is 28.3. The third-order valence-electron chi connectivity index (χ3n) is 4.96. The van der Waals surface area contributed by atoms with Crippen LogP contribution in [0.4, 0.5) is 11.4 Å². The Bertz CT molecular complexity index is 936. The molecule has 7 nitrogen and oxygen atoms in total. The van der Waals surface area contributed by atoms with Crippen LogP contribution in [-0.2, 0) is 10.0 Å². The van der Waals surface area contributed by atoms with Crippen LogP contribution in [0.15, 0.2) is 47.4 Å². The first-order chi connectivity index (χ1) is 13.4. The van der Waals surface area contributed by atoms with Gasteiger partial charge in [0.15, 0.2) is 0 Å². The first-order valence-electron chi connectivity index (χ1n) is 9.23. The minimum absolute atomic E-state index is 0.0949. The van der Waals surface area contributed by atoms with Crippen molar-refractivity contribution >= 4 is 27.3 Å². The Morgan fingerprint density at radius 1 is 1.11 bits per heavy atom. The fraction of sp³-hybridized carbons (Fsp3) is 0.350. The van der Waals surface area contributed by atoms with Gasteiger partial charge in [-0.25, -0.2) is 13.6 Å². The number of nitrogens with two attached hydrogens (primary N) is 1. The molecule has 150 valence electrons. The van der Waals surface area contributed by atoms with E-state index in [0.717, 1.165) is 18.2 Å². The fourth-order valence-electron chi connectivity index (χ4n) is 3.39. The van der Waals surface area contributed by atoms with E-state index in [2.05, 4.69) is 10.6 Å². The lowest BCUT2D eigenvalue weighted by Crippen LogP contribution is -2.17. The van der Waals surface area contributed by atoms with Crippen LogP contribution in [-0.4, -0.2) is 28.0 Å². The van der Waals surface area contributed by atoms with E-state index >= 15 is 0 Å². The Morgan fingerprint density at radius 3 is 2.36 bits per heavy atom. The summed E-state index contributed by atoms with van der Waals surface area (Å²) in [5, 5.41) is 11.3. The Hall–Kier alpha value is -2.58. The maximum Gasteiger partial charge on any atom is 0.259 e. The molecule has 2 aromatic carbocycles. The Kier molecular flexibility index (Phi) is 6.21. The van der Waals surface area contributed by atoms with Gasteiger partial charge in [0, 0.05) is 17.9 Å². The van der Waals surface area contributed by atoms with Gasteiger partial charge >= 0.3 is 0 Å². The molecule has 2 aromatic rings. The van der Waals surface area contributed by atoms with Gasteiger partial charge in [-0.1, -0.05) is 12.8 Å². The average molecular weight is 404 g/mol. The summed E-state index contributed by atoms with van der Waals surface area (Å²) in [4.78, 5) is 12.5. The minimum atomic E-state index is -3.92. The van der Waals surface area contributed by atoms with E-state index < -0.39 is 15.9 Å². The summed E-state index contributed by atoms with van der Waals surface area (Å²) in [6, 6.07) is 11.3. The quantitative estimate of drug-likeness (QED) is 0.657. The predicted molar refractivity (Wildman–Crippen MR) is 109 cm³/mol. The number of benzene rings is 2. The molecule has 8 heteroatoms. The summed E-state index contributed by atoms with van der Waals surface area (Å²) in [7, 11) is -2.51. The lowest BCUT2D eigenvalue weighted by atomic mass is 10.1. The summed E-state index contributed by atoms with van der Waals surface area (Å²) in [6.45, 7) is 0.962. The van der Waals surface area contributed by atoms with Crippen molar-refractivity contribution in [2.24, 2.45) is 11.1 Å². The molecule has 0 saturated heterocycles. The zero-order valence-corrected chi connectivity index (χ0v) is 16.6. The first-order valence-corrected chi connectivity index (χ1v) is 10.8. The summed E-state index contributed by atoms with van der Waals surface area (Å²) in [5.41, 5.74) is 1.69. The predicted octanol–water partition coefficient (Wildman–Crippen LogP) is 3.20. The van der Waals surface area contributed by atoms with Gasteiger partial charge in [-0.15, -0.1) is 0 Å². The van der Waals surface area contributed by atoms with E-state index in [4.69, 9.17) is 9.88 Å². The van der Waals surface area contributed by atoms with Gasteiger partial charge in [0.25, 0.3) is 5.91 Å². The van der Waals surface area contributed by atoms with Crippen LogP contribution in [0.3, 0.4) is 0 Å². The van der Waals surface area contributed by atoms with Gasteiger partial charge in [-0.3, -0.25) is 4.79 Å². The number of hydrogen-bond donors (Lipinski definition) is 3. The van der Waals surface area contributed by atoms with Crippen molar-refractivity contribution in [1.82, 2.24) is 0 Å². The van der Waals surface area contributed by atoms with Crippen LogP contribution in [0.2, 0.25) is 0 Å². The second-order valence-corrected chi connectivity index (χ2v) is 8.53. The van der Waals surface area contributed by atoms with Crippen molar-refractivity contribution in [3.8, 4) is 5.75 Å². The van der Waals surface area contributed by atoms with Crippen molar-refractivity contribution in [1.29, 1.82) is 0 Å². The smallest absolute Gasteiger partial charge is 0.259 e. The maximum atomic E-state index is 12.6. The van der Waals surface area contributed by atoms with Crippen LogP contribution < -0.4 is 20.5 Å². The molecular formula is C20H25N3O4S. The van der Waals surface area contributed by atoms with E-state index in [9.17, 15) is 13.2 Å². The third kappa shape index (κ3) is 5.02. The molecule has 1 aliphatic carbocycles. The summed E-state index contributed by atoms with van der Waals surface area (Å²) in [6.07, 6.45) is 5.18. The molecular weight excluding hydrogens is 378 g/mol. The molecule has 3 rings (SSSR count). The lowest BCUT2D eigenvalue weighted by Gasteiger charge is -2.13. The van der Waals surface area contributed by atoms with Crippen LogP contribution in [0, 0.1) is 5.92 Å². The summed E-state index contributed by atoms with van der Waals surface area (Å²) in [5.74, 6) is 0.520. The van der Waals surface area contributed by atoms with Gasteiger partial charge in [0.1, 0.15) is 5.75 Å². The lowest BCUT2D eigenvalue weighted by molar-refractivity contribution is 0.102. The van der Waals surface area contributed by atoms with E-state index in [1.807, 2.05) is 12.1 Å². The highest BCUT2D eigenvalue weighted by molar-refractivity contribution is 7.89. The van der Waals surface area contributed by atoms with Crippen molar-refractivity contribution in [2.75, 3.05) is 24.3 Å². The standard InChI is InChI=1S/C20H25N3O4S/c1-27-19-11-10-17(28(21,25)26)12-18(19)20(24)23-16-8-6-15(7-9-16)22-13-14-4-2-3-5-14/h6-12,14,22H,2-5,13H2,1H3,(H,23,24)(H2,21,25,26). The number of anilines is 2. The molecule has 0 radical (unpaired) electrons. The van der Waals surface area contributed by atoms with Crippen molar-refractivity contribution in [2.45, 2.75) is 30.6 Å². The molecule has 0 aliphatic heterocycles. The second kappa shape index (κ2) is 8.62. The normalized spacial score (nSPS) is 14.6. The first kappa shape index (κ1) is 20.2. The molecule has 0 spiro atoms. The summed E-state index contributed by atoms with van der Waals surface area (Å²) >= 11 is 0. The molecule has 0 heterocycles. The van der Waals surface area contributed by atoms with E-state index in [1.54, 1.807) is 12.1 Å². The molecule has 0 aromatic heterocycles. The minimum Gasteiger partial charge on any atom is -0.496 e. The van der Waals surface area contributed by atoms with Gasteiger partial charge in [-0.05, 0) is 61.2 Å². The SMILES string of the molecule is COc1ccc(S(N)(=O)=O)cc1C(=O)Nc1ccc(NCC2CCCC2)cc1. The monoisotopic (exact) mass is 403 g/mol.